The van der Waals surface area contributed by atoms with E-state index in [1.54, 1.807) is 48.5 Å². The first kappa shape index (κ1) is 18.3. The van der Waals surface area contributed by atoms with Crippen LogP contribution in [0.1, 0.15) is 0 Å². The Bertz CT molecular complexity index is 1240. The van der Waals surface area contributed by atoms with Gasteiger partial charge in [-0.05, 0) is 30.3 Å². The molecule has 2 heterocycles. The lowest BCUT2D eigenvalue weighted by molar-refractivity contribution is 0.588. The molecule has 0 amide bonds. The first-order valence-corrected chi connectivity index (χ1v) is 10.7. The monoisotopic (exact) mass is 435 g/mol. The summed E-state index contributed by atoms with van der Waals surface area (Å²) in [6, 6.07) is 15.1. The highest BCUT2D eigenvalue weighted by Gasteiger charge is 2.20. The Morgan fingerprint density at radius 2 is 1.74 bits per heavy atom. The van der Waals surface area contributed by atoms with E-state index in [-0.39, 0.29) is 10.5 Å². The number of fused-ring (bicyclic) bond motifs is 1. The van der Waals surface area contributed by atoms with Crippen LogP contribution < -0.4 is 0 Å². The standard InChI is InChI=1S/C18H11Cl2N3O2S2/c19-13-7-4-8-15(17(13)20)26-16-11-21-18-14(22-16)9-10-23(18)27(24,25)12-5-2-1-3-6-12/h1-11H. The van der Waals surface area contributed by atoms with Crippen molar-refractivity contribution in [1.29, 1.82) is 0 Å². The van der Waals surface area contributed by atoms with Crippen LogP contribution in [0.5, 0.6) is 0 Å². The number of aromatic nitrogens is 3. The predicted molar refractivity (Wildman–Crippen MR) is 107 cm³/mol. The summed E-state index contributed by atoms with van der Waals surface area (Å²) >= 11 is 13.6. The van der Waals surface area contributed by atoms with Crippen LogP contribution in [0.25, 0.3) is 11.2 Å². The summed E-state index contributed by atoms with van der Waals surface area (Å²) in [7, 11) is -3.74. The van der Waals surface area contributed by atoms with Crippen LogP contribution in [0, 0.1) is 0 Å². The molecule has 0 saturated heterocycles. The van der Waals surface area contributed by atoms with Gasteiger partial charge in [0.15, 0.2) is 5.65 Å². The van der Waals surface area contributed by atoms with Crippen molar-refractivity contribution in [3.8, 4) is 0 Å². The summed E-state index contributed by atoms with van der Waals surface area (Å²) < 4.78 is 26.8. The van der Waals surface area contributed by atoms with Gasteiger partial charge in [-0.25, -0.2) is 22.4 Å². The summed E-state index contributed by atoms with van der Waals surface area (Å²) in [4.78, 5) is 9.72. The third-order valence-corrected chi connectivity index (χ3v) is 7.34. The highest BCUT2D eigenvalue weighted by Crippen LogP contribution is 2.36. The molecule has 0 N–H and O–H groups in total. The van der Waals surface area contributed by atoms with Crippen LogP contribution in [0.2, 0.25) is 10.0 Å². The fraction of sp³-hybridized carbons (Fsp3) is 0. The largest absolute Gasteiger partial charge is 0.269 e. The van der Waals surface area contributed by atoms with Crippen LogP contribution in [0.15, 0.2) is 81.8 Å². The van der Waals surface area contributed by atoms with E-state index in [0.29, 0.717) is 20.6 Å². The second-order valence-corrected chi connectivity index (χ2v) is 9.16. The third-order valence-electron chi connectivity index (χ3n) is 3.76. The van der Waals surface area contributed by atoms with Gasteiger partial charge in [0.25, 0.3) is 10.0 Å². The Morgan fingerprint density at radius 1 is 0.963 bits per heavy atom. The molecule has 0 aliphatic rings. The minimum absolute atomic E-state index is 0.188. The van der Waals surface area contributed by atoms with Gasteiger partial charge in [0.05, 0.1) is 21.1 Å². The average Bonchev–Trinajstić information content (AvgIpc) is 3.10. The van der Waals surface area contributed by atoms with Crippen molar-refractivity contribution in [3.63, 3.8) is 0 Å². The van der Waals surface area contributed by atoms with Crippen molar-refractivity contribution in [2.75, 3.05) is 0 Å². The number of benzene rings is 2. The van der Waals surface area contributed by atoms with E-state index in [0.717, 1.165) is 8.87 Å². The Balaban J connectivity index is 1.73. The van der Waals surface area contributed by atoms with Crippen LogP contribution in [0.3, 0.4) is 0 Å². The summed E-state index contributed by atoms with van der Waals surface area (Å²) in [5, 5.41) is 1.48. The molecule has 0 aliphatic heterocycles. The Morgan fingerprint density at radius 3 is 2.52 bits per heavy atom. The molecule has 0 atom stereocenters. The van der Waals surface area contributed by atoms with Gasteiger partial charge in [-0.2, -0.15) is 0 Å². The molecule has 0 unspecified atom stereocenters. The smallest absolute Gasteiger partial charge is 0.236 e. The van der Waals surface area contributed by atoms with Gasteiger partial charge in [0.2, 0.25) is 0 Å². The van der Waals surface area contributed by atoms with Crippen LogP contribution >= 0.6 is 35.0 Å². The second-order valence-electron chi connectivity index (χ2n) is 5.50. The van der Waals surface area contributed by atoms with E-state index in [2.05, 4.69) is 9.97 Å². The summed E-state index contributed by atoms with van der Waals surface area (Å²) in [5.74, 6) is 0. The molecular formula is C18H11Cl2N3O2S2. The molecule has 0 spiro atoms. The zero-order valence-corrected chi connectivity index (χ0v) is 16.7. The molecule has 0 aliphatic carbocycles. The van der Waals surface area contributed by atoms with Crippen LogP contribution in [0.4, 0.5) is 0 Å². The molecule has 5 nitrogen and oxygen atoms in total. The van der Waals surface area contributed by atoms with Gasteiger partial charge >= 0.3 is 0 Å². The zero-order chi connectivity index (χ0) is 19.0. The Labute approximate surface area is 170 Å². The quantitative estimate of drug-likeness (QED) is 0.444. The average molecular weight is 436 g/mol. The minimum Gasteiger partial charge on any atom is -0.236 e. The van der Waals surface area contributed by atoms with E-state index in [4.69, 9.17) is 23.2 Å². The number of halogens is 2. The topological polar surface area (TPSA) is 64.8 Å². The zero-order valence-electron chi connectivity index (χ0n) is 13.6. The molecule has 0 radical (unpaired) electrons. The maximum absolute atomic E-state index is 12.8. The minimum atomic E-state index is -3.74. The normalized spacial score (nSPS) is 11.8. The molecule has 0 saturated carbocycles. The summed E-state index contributed by atoms with van der Waals surface area (Å²) in [6.45, 7) is 0. The van der Waals surface area contributed by atoms with Gasteiger partial charge in [0.1, 0.15) is 10.5 Å². The lowest BCUT2D eigenvalue weighted by Crippen LogP contribution is -2.12. The number of hydrogen-bond donors (Lipinski definition) is 0. The molecule has 2 aromatic heterocycles. The lowest BCUT2D eigenvalue weighted by Gasteiger charge is -2.07. The summed E-state index contributed by atoms with van der Waals surface area (Å²) in [6.07, 6.45) is 2.97. The van der Waals surface area contributed by atoms with E-state index in [9.17, 15) is 8.42 Å². The molecule has 0 bridgehead atoms. The van der Waals surface area contributed by atoms with Crippen molar-refractivity contribution in [1.82, 2.24) is 13.9 Å². The first-order chi connectivity index (χ1) is 13.0. The van der Waals surface area contributed by atoms with Crippen LogP contribution in [-0.4, -0.2) is 22.4 Å². The fourth-order valence-electron chi connectivity index (χ4n) is 2.50. The molecule has 4 rings (SSSR count). The highest BCUT2D eigenvalue weighted by atomic mass is 35.5. The molecule has 27 heavy (non-hydrogen) atoms. The van der Waals surface area contributed by atoms with Gasteiger partial charge in [-0.3, -0.25) is 0 Å². The molecule has 136 valence electrons. The van der Waals surface area contributed by atoms with Gasteiger partial charge in [-0.1, -0.05) is 59.2 Å². The molecular weight excluding hydrogens is 425 g/mol. The molecule has 2 aromatic carbocycles. The SMILES string of the molecule is O=S(=O)(c1ccccc1)n1ccc2nc(Sc3cccc(Cl)c3Cl)cnc21. The summed E-state index contributed by atoms with van der Waals surface area (Å²) in [5.41, 5.74) is 0.734. The fourth-order valence-corrected chi connectivity index (χ4v) is 5.11. The molecule has 9 heteroatoms. The van der Waals surface area contributed by atoms with Gasteiger partial charge < -0.3 is 0 Å². The third kappa shape index (κ3) is 3.43. The van der Waals surface area contributed by atoms with Crippen molar-refractivity contribution in [3.05, 3.63) is 77.0 Å². The lowest BCUT2D eigenvalue weighted by atomic mass is 10.4. The number of nitrogens with zero attached hydrogens (tertiary/aromatic N) is 3. The Kier molecular flexibility index (Phi) is 4.86. The second kappa shape index (κ2) is 7.16. The molecule has 0 fully saturated rings. The highest BCUT2D eigenvalue weighted by molar-refractivity contribution is 7.99. The van der Waals surface area contributed by atoms with Crippen molar-refractivity contribution in [2.24, 2.45) is 0 Å². The number of hydrogen-bond acceptors (Lipinski definition) is 5. The molecule has 4 aromatic rings. The van der Waals surface area contributed by atoms with Crippen molar-refractivity contribution < 1.29 is 8.42 Å². The van der Waals surface area contributed by atoms with E-state index in [1.807, 2.05) is 6.07 Å². The maximum Gasteiger partial charge on any atom is 0.269 e. The van der Waals surface area contributed by atoms with Gasteiger partial charge in [-0.15, -0.1) is 0 Å². The van der Waals surface area contributed by atoms with E-state index < -0.39 is 10.0 Å². The van der Waals surface area contributed by atoms with Crippen LogP contribution in [-0.2, 0) is 10.0 Å². The number of rotatable bonds is 4. The van der Waals surface area contributed by atoms with E-state index in [1.165, 1.54) is 24.2 Å². The van der Waals surface area contributed by atoms with Crippen molar-refractivity contribution >= 4 is 56.2 Å². The predicted octanol–water partition coefficient (Wildman–Crippen LogP) is 5.13. The van der Waals surface area contributed by atoms with Crippen molar-refractivity contribution in [2.45, 2.75) is 14.8 Å². The van der Waals surface area contributed by atoms with E-state index >= 15 is 0 Å². The van der Waals surface area contributed by atoms with Gasteiger partial charge in [0, 0.05) is 11.1 Å². The maximum atomic E-state index is 12.8. The Hall–Kier alpha value is -2.06. The first-order valence-electron chi connectivity index (χ1n) is 7.73.